The molecule has 0 aliphatic carbocycles. The number of amides is 1. The van der Waals surface area contributed by atoms with Crippen LogP contribution in [0.3, 0.4) is 0 Å². The van der Waals surface area contributed by atoms with E-state index in [0.29, 0.717) is 23.6 Å². The van der Waals surface area contributed by atoms with Crippen molar-refractivity contribution < 1.29 is 14.3 Å². The van der Waals surface area contributed by atoms with Crippen molar-refractivity contribution in [3.05, 3.63) is 45.6 Å². The Morgan fingerprint density at radius 3 is 2.48 bits per heavy atom. The Kier molecular flexibility index (Phi) is 4.85. The van der Waals surface area contributed by atoms with Crippen molar-refractivity contribution in [3.8, 4) is 11.5 Å². The molecule has 0 spiro atoms. The van der Waals surface area contributed by atoms with E-state index >= 15 is 0 Å². The Bertz CT molecular complexity index is 636. The molecule has 1 amide bonds. The van der Waals surface area contributed by atoms with Gasteiger partial charge in [-0.05, 0) is 42.1 Å². The van der Waals surface area contributed by atoms with Crippen molar-refractivity contribution in [1.29, 1.82) is 0 Å². The number of rotatable bonds is 5. The molecule has 1 aromatic carbocycles. The molecule has 0 saturated heterocycles. The molecular formula is C16H19NO3S. The van der Waals surface area contributed by atoms with Gasteiger partial charge in [0, 0.05) is 17.5 Å². The van der Waals surface area contributed by atoms with Crippen LogP contribution in [0.2, 0.25) is 0 Å². The normalized spacial score (nSPS) is 10.3. The summed E-state index contributed by atoms with van der Waals surface area (Å²) in [5.41, 5.74) is 1.80. The summed E-state index contributed by atoms with van der Waals surface area (Å²) in [6, 6.07) is 7.27. The Balaban J connectivity index is 2.17. The van der Waals surface area contributed by atoms with E-state index in [1.165, 1.54) is 10.4 Å². The van der Waals surface area contributed by atoms with Crippen molar-refractivity contribution in [1.82, 2.24) is 4.90 Å². The van der Waals surface area contributed by atoms with E-state index in [2.05, 4.69) is 13.0 Å². The first-order valence-corrected chi connectivity index (χ1v) is 7.45. The van der Waals surface area contributed by atoms with Gasteiger partial charge in [-0.3, -0.25) is 4.79 Å². The summed E-state index contributed by atoms with van der Waals surface area (Å²) in [4.78, 5) is 15.4. The van der Waals surface area contributed by atoms with Crippen molar-refractivity contribution in [3.63, 3.8) is 0 Å². The highest BCUT2D eigenvalue weighted by Crippen LogP contribution is 2.28. The van der Waals surface area contributed by atoms with Gasteiger partial charge in [0.15, 0.2) is 11.5 Å². The van der Waals surface area contributed by atoms with Gasteiger partial charge in [0.05, 0.1) is 20.8 Å². The van der Waals surface area contributed by atoms with Gasteiger partial charge in [-0.15, -0.1) is 11.3 Å². The van der Waals surface area contributed by atoms with Gasteiger partial charge in [-0.2, -0.15) is 0 Å². The third kappa shape index (κ3) is 3.36. The van der Waals surface area contributed by atoms with Crippen molar-refractivity contribution >= 4 is 17.2 Å². The lowest BCUT2D eigenvalue weighted by Gasteiger charge is -2.18. The predicted molar refractivity (Wildman–Crippen MR) is 84.4 cm³/mol. The first-order valence-electron chi connectivity index (χ1n) is 6.57. The van der Waals surface area contributed by atoms with Crippen LogP contribution in [0.15, 0.2) is 29.6 Å². The van der Waals surface area contributed by atoms with Crippen molar-refractivity contribution in [2.75, 3.05) is 21.3 Å². The van der Waals surface area contributed by atoms with Crippen molar-refractivity contribution in [2.45, 2.75) is 13.5 Å². The minimum absolute atomic E-state index is 0.0382. The van der Waals surface area contributed by atoms with E-state index in [0.717, 1.165) is 0 Å². The highest BCUT2D eigenvalue weighted by molar-refractivity contribution is 7.10. The number of hydrogen-bond donors (Lipinski definition) is 0. The number of carbonyl (C=O) groups excluding carboxylic acids is 1. The molecule has 1 heterocycles. The van der Waals surface area contributed by atoms with Gasteiger partial charge in [0.25, 0.3) is 5.91 Å². The van der Waals surface area contributed by atoms with Crippen LogP contribution >= 0.6 is 11.3 Å². The first kappa shape index (κ1) is 15.4. The summed E-state index contributed by atoms with van der Waals surface area (Å²) in [5, 5.41) is 2.04. The van der Waals surface area contributed by atoms with Crippen LogP contribution in [0.4, 0.5) is 0 Å². The van der Waals surface area contributed by atoms with Crippen molar-refractivity contribution in [2.24, 2.45) is 0 Å². The summed E-state index contributed by atoms with van der Waals surface area (Å²) >= 11 is 1.67. The third-order valence-corrected chi connectivity index (χ3v) is 4.33. The van der Waals surface area contributed by atoms with Crippen LogP contribution < -0.4 is 9.47 Å². The fourth-order valence-electron chi connectivity index (χ4n) is 2.04. The van der Waals surface area contributed by atoms with Gasteiger partial charge >= 0.3 is 0 Å². The molecular weight excluding hydrogens is 286 g/mol. The molecule has 2 aromatic rings. The summed E-state index contributed by atoms with van der Waals surface area (Å²) in [6.07, 6.45) is 0. The quantitative estimate of drug-likeness (QED) is 0.850. The predicted octanol–water partition coefficient (Wildman–Crippen LogP) is 3.35. The van der Waals surface area contributed by atoms with E-state index in [1.807, 2.05) is 5.38 Å². The molecule has 0 atom stereocenters. The van der Waals surface area contributed by atoms with Crippen LogP contribution in [0.1, 0.15) is 20.8 Å². The molecule has 5 heteroatoms. The van der Waals surface area contributed by atoms with Crippen LogP contribution in [0.5, 0.6) is 11.5 Å². The molecule has 0 radical (unpaired) electrons. The van der Waals surface area contributed by atoms with Gasteiger partial charge < -0.3 is 14.4 Å². The summed E-state index contributed by atoms with van der Waals surface area (Å²) in [6.45, 7) is 2.66. The van der Waals surface area contributed by atoms with E-state index in [-0.39, 0.29) is 5.91 Å². The monoisotopic (exact) mass is 305 g/mol. The fraction of sp³-hybridized carbons (Fsp3) is 0.312. The SMILES string of the molecule is COc1ccc(C(=O)N(C)Cc2sccc2C)cc1OC. The fourth-order valence-corrected chi connectivity index (χ4v) is 3.00. The maximum Gasteiger partial charge on any atom is 0.254 e. The molecule has 0 saturated carbocycles. The lowest BCUT2D eigenvalue weighted by Crippen LogP contribution is -2.26. The Hall–Kier alpha value is -2.01. The molecule has 4 nitrogen and oxygen atoms in total. The van der Waals surface area contributed by atoms with E-state index in [9.17, 15) is 4.79 Å². The lowest BCUT2D eigenvalue weighted by atomic mass is 10.1. The number of aryl methyl sites for hydroxylation is 1. The highest BCUT2D eigenvalue weighted by atomic mass is 32.1. The van der Waals surface area contributed by atoms with Crippen LogP contribution in [-0.4, -0.2) is 32.1 Å². The number of carbonyl (C=O) groups is 1. The standard InChI is InChI=1S/C16H19NO3S/c1-11-7-8-21-15(11)10-17(2)16(18)12-5-6-13(19-3)14(9-12)20-4/h5-9H,10H2,1-4H3. The zero-order valence-electron chi connectivity index (χ0n) is 12.7. The second kappa shape index (κ2) is 6.63. The smallest absolute Gasteiger partial charge is 0.254 e. The number of hydrogen-bond acceptors (Lipinski definition) is 4. The average Bonchev–Trinajstić information content (AvgIpc) is 2.90. The maximum atomic E-state index is 12.5. The van der Waals surface area contributed by atoms with Crippen LogP contribution in [-0.2, 0) is 6.54 Å². The topological polar surface area (TPSA) is 38.8 Å². The summed E-state index contributed by atoms with van der Waals surface area (Å²) < 4.78 is 10.4. The number of ether oxygens (including phenoxy) is 2. The van der Waals surface area contributed by atoms with Crippen LogP contribution in [0.25, 0.3) is 0 Å². The summed E-state index contributed by atoms with van der Waals surface area (Å²) in [5.74, 6) is 1.14. The zero-order valence-corrected chi connectivity index (χ0v) is 13.5. The molecule has 112 valence electrons. The molecule has 21 heavy (non-hydrogen) atoms. The maximum absolute atomic E-state index is 12.5. The molecule has 0 unspecified atom stereocenters. The van der Waals surface area contributed by atoms with Gasteiger partial charge in [0.2, 0.25) is 0 Å². The van der Waals surface area contributed by atoms with Gasteiger partial charge in [-0.25, -0.2) is 0 Å². The lowest BCUT2D eigenvalue weighted by molar-refractivity contribution is 0.0786. The number of benzene rings is 1. The molecule has 1 aromatic heterocycles. The minimum Gasteiger partial charge on any atom is -0.493 e. The zero-order chi connectivity index (χ0) is 15.4. The average molecular weight is 305 g/mol. The Labute approximate surface area is 128 Å². The van der Waals surface area contributed by atoms with E-state index in [1.54, 1.807) is 55.7 Å². The molecule has 0 bridgehead atoms. The number of nitrogens with zero attached hydrogens (tertiary/aromatic N) is 1. The Morgan fingerprint density at radius 1 is 1.19 bits per heavy atom. The van der Waals surface area contributed by atoms with Gasteiger partial charge in [0.1, 0.15) is 0 Å². The summed E-state index contributed by atoms with van der Waals surface area (Å²) in [7, 11) is 4.94. The van der Waals surface area contributed by atoms with E-state index < -0.39 is 0 Å². The molecule has 0 aliphatic rings. The molecule has 0 N–H and O–H groups in total. The molecule has 2 rings (SSSR count). The first-order chi connectivity index (χ1) is 10.1. The number of methoxy groups -OCH3 is 2. The van der Waals surface area contributed by atoms with E-state index in [4.69, 9.17) is 9.47 Å². The Morgan fingerprint density at radius 2 is 1.90 bits per heavy atom. The second-order valence-corrected chi connectivity index (χ2v) is 5.76. The largest absolute Gasteiger partial charge is 0.493 e. The molecule has 0 aliphatic heterocycles. The third-order valence-electron chi connectivity index (χ3n) is 3.33. The highest BCUT2D eigenvalue weighted by Gasteiger charge is 2.16. The minimum atomic E-state index is -0.0382. The second-order valence-electron chi connectivity index (χ2n) is 4.76. The molecule has 0 fully saturated rings. The van der Waals surface area contributed by atoms with Crippen LogP contribution in [0, 0.1) is 6.92 Å². The number of thiophene rings is 1. The van der Waals surface area contributed by atoms with Gasteiger partial charge in [-0.1, -0.05) is 0 Å².